The normalized spacial score (nSPS) is 21.4. The van der Waals surface area contributed by atoms with E-state index in [0.717, 1.165) is 10.4 Å². The summed E-state index contributed by atoms with van der Waals surface area (Å²) in [5, 5.41) is 11.5. The molecular formula is C17H18N2O3S. The smallest absolute Gasteiger partial charge is 0.308 e. The lowest BCUT2D eigenvalue weighted by atomic mass is 9.87. The Labute approximate surface area is 138 Å². The van der Waals surface area contributed by atoms with Gasteiger partial charge in [0.05, 0.1) is 12.0 Å². The second-order valence-corrected chi connectivity index (χ2v) is 6.62. The highest BCUT2D eigenvalue weighted by atomic mass is 32.1. The fourth-order valence-electron chi connectivity index (χ4n) is 3.08. The first-order valence-electron chi connectivity index (χ1n) is 7.61. The summed E-state index contributed by atoms with van der Waals surface area (Å²) in [4.78, 5) is 30.8. The molecule has 1 saturated heterocycles. The number of nitrogens with zero attached hydrogens (tertiary/aromatic N) is 2. The van der Waals surface area contributed by atoms with Gasteiger partial charge in [0.2, 0.25) is 5.91 Å². The average Bonchev–Trinajstić information content (AvgIpc) is 3.08. The van der Waals surface area contributed by atoms with E-state index in [0.29, 0.717) is 25.8 Å². The van der Waals surface area contributed by atoms with Crippen molar-refractivity contribution in [2.24, 2.45) is 5.92 Å². The number of carbonyl (C=O) groups excluding carboxylic acids is 1. The number of piperidine rings is 1. The molecule has 1 aliphatic rings. The number of rotatable bonds is 5. The summed E-state index contributed by atoms with van der Waals surface area (Å²) in [6.45, 7) is 0.511. The van der Waals surface area contributed by atoms with E-state index in [-0.39, 0.29) is 11.9 Å². The molecule has 0 unspecified atom stereocenters. The van der Waals surface area contributed by atoms with Crippen LogP contribution in [0.3, 0.4) is 0 Å². The van der Waals surface area contributed by atoms with Crippen molar-refractivity contribution in [3.8, 4) is 0 Å². The molecule has 0 aliphatic carbocycles. The molecular weight excluding hydrogens is 312 g/mol. The molecule has 1 fully saturated rings. The number of aromatic nitrogens is 1. The third-order valence-corrected chi connectivity index (χ3v) is 5.17. The Bertz CT molecular complexity index is 672. The predicted molar refractivity (Wildman–Crippen MR) is 87.1 cm³/mol. The van der Waals surface area contributed by atoms with Gasteiger partial charge in [-0.05, 0) is 35.9 Å². The summed E-state index contributed by atoms with van der Waals surface area (Å²) in [5.41, 5.74) is 1.04. The maximum Gasteiger partial charge on any atom is 0.308 e. The van der Waals surface area contributed by atoms with Crippen molar-refractivity contribution in [1.29, 1.82) is 0 Å². The molecule has 120 valence electrons. The Kier molecular flexibility index (Phi) is 4.71. The van der Waals surface area contributed by atoms with Gasteiger partial charge in [0.1, 0.15) is 0 Å². The average molecular weight is 330 g/mol. The van der Waals surface area contributed by atoms with E-state index < -0.39 is 11.9 Å². The molecule has 2 aromatic heterocycles. The number of thiophene rings is 1. The lowest BCUT2D eigenvalue weighted by Gasteiger charge is -2.39. The molecule has 2 atom stereocenters. The van der Waals surface area contributed by atoms with E-state index in [9.17, 15) is 14.7 Å². The van der Waals surface area contributed by atoms with Gasteiger partial charge in [-0.15, -0.1) is 11.3 Å². The van der Waals surface area contributed by atoms with Gasteiger partial charge in [0, 0.05) is 30.2 Å². The van der Waals surface area contributed by atoms with Gasteiger partial charge in [-0.3, -0.25) is 14.6 Å². The van der Waals surface area contributed by atoms with E-state index in [4.69, 9.17) is 0 Å². The molecule has 0 spiro atoms. The van der Waals surface area contributed by atoms with Crippen LogP contribution in [0.5, 0.6) is 0 Å². The summed E-state index contributed by atoms with van der Waals surface area (Å²) < 4.78 is 0. The van der Waals surface area contributed by atoms with Crippen LogP contribution in [-0.4, -0.2) is 33.4 Å². The van der Waals surface area contributed by atoms with Crippen molar-refractivity contribution in [2.75, 3.05) is 6.54 Å². The Hall–Kier alpha value is -2.21. The topological polar surface area (TPSA) is 70.5 Å². The van der Waals surface area contributed by atoms with Crippen LogP contribution in [0.2, 0.25) is 0 Å². The van der Waals surface area contributed by atoms with Gasteiger partial charge < -0.3 is 10.0 Å². The molecule has 1 aliphatic heterocycles. The molecule has 0 saturated carbocycles. The van der Waals surface area contributed by atoms with Crippen molar-refractivity contribution in [3.05, 3.63) is 52.5 Å². The lowest BCUT2D eigenvalue weighted by Crippen LogP contribution is -2.45. The minimum absolute atomic E-state index is 0.0322. The van der Waals surface area contributed by atoms with Gasteiger partial charge >= 0.3 is 5.97 Å². The number of likely N-dealkylation sites (tertiary alicyclic amines) is 1. The minimum atomic E-state index is -0.831. The van der Waals surface area contributed by atoms with Crippen LogP contribution < -0.4 is 0 Å². The summed E-state index contributed by atoms with van der Waals surface area (Å²) >= 11 is 1.51. The first kappa shape index (κ1) is 15.7. The SMILES string of the molecule is O=C(O)[C@H]1CCC(=O)N(CCc2cccnc2)[C@H]1c1cccs1. The molecule has 0 bridgehead atoms. The molecule has 23 heavy (non-hydrogen) atoms. The highest BCUT2D eigenvalue weighted by Crippen LogP contribution is 2.38. The largest absolute Gasteiger partial charge is 0.481 e. The van der Waals surface area contributed by atoms with Crippen LogP contribution in [0.4, 0.5) is 0 Å². The third kappa shape index (κ3) is 3.42. The zero-order chi connectivity index (χ0) is 16.2. The molecule has 2 aromatic rings. The zero-order valence-electron chi connectivity index (χ0n) is 12.6. The van der Waals surface area contributed by atoms with Crippen LogP contribution in [0.1, 0.15) is 29.3 Å². The van der Waals surface area contributed by atoms with Crippen LogP contribution >= 0.6 is 11.3 Å². The van der Waals surface area contributed by atoms with Crippen molar-refractivity contribution in [2.45, 2.75) is 25.3 Å². The number of carbonyl (C=O) groups is 2. The Balaban J connectivity index is 1.84. The first-order valence-corrected chi connectivity index (χ1v) is 8.49. The Morgan fingerprint density at radius 1 is 1.39 bits per heavy atom. The minimum Gasteiger partial charge on any atom is -0.481 e. The van der Waals surface area contributed by atoms with Crippen LogP contribution in [0.15, 0.2) is 42.0 Å². The predicted octanol–water partition coefficient (Wildman–Crippen LogP) is 2.75. The second-order valence-electron chi connectivity index (χ2n) is 5.64. The summed E-state index contributed by atoms with van der Waals surface area (Å²) in [6, 6.07) is 7.28. The summed E-state index contributed by atoms with van der Waals surface area (Å²) in [7, 11) is 0. The number of hydrogen-bond acceptors (Lipinski definition) is 4. The van der Waals surface area contributed by atoms with Crippen molar-refractivity contribution in [3.63, 3.8) is 0 Å². The zero-order valence-corrected chi connectivity index (χ0v) is 13.4. The number of aliphatic carboxylic acids is 1. The maximum atomic E-state index is 12.4. The number of hydrogen-bond donors (Lipinski definition) is 1. The summed E-state index contributed by atoms with van der Waals surface area (Å²) in [6.07, 6.45) is 4.87. The van der Waals surface area contributed by atoms with Crippen molar-refractivity contribution < 1.29 is 14.7 Å². The fraction of sp³-hybridized carbons (Fsp3) is 0.353. The van der Waals surface area contributed by atoms with E-state index in [1.807, 2.05) is 29.6 Å². The monoisotopic (exact) mass is 330 g/mol. The van der Waals surface area contributed by atoms with Gasteiger partial charge in [-0.2, -0.15) is 0 Å². The van der Waals surface area contributed by atoms with Gasteiger partial charge in [0.15, 0.2) is 0 Å². The fourth-order valence-corrected chi connectivity index (χ4v) is 3.98. The Morgan fingerprint density at radius 3 is 2.91 bits per heavy atom. The number of carboxylic acids is 1. The molecule has 0 radical (unpaired) electrons. The number of pyridine rings is 1. The second kappa shape index (κ2) is 6.91. The first-order chi connectivity index (χ1) is 11.2. The summed E-state index contributed by atoms with van der Waals surface area (Å²) in [5.74, 6) is -1.34. The van der Waals surface area contributed by atoms with E-state index in [2.05, 4.69) is 4.98 Å². The van der Waals surface area contributed by atoms with Gasteiger partial charge in [-0.25, -0.2) is 0 Å². The molecule has 0 aromatic carbocycles. The maximum absolute atomic E-state index is 12.4. The molecule has 1 amide bonds. The number of carboxylic acid groups (broad SMARTS) is 1. The highest BCUT2D eigenvalue weighted by Gasteiger charge is 2.40. The van der Waals surface area contributed by atoms with E-state index >= 15 is 0 Å². The molecule has 1 N–H and O–H groups in total. The van der Waals surface area contributed by atoms with Crippen molar-refractivity contribution in [1.82, 2.24) is 9.88 Å². The van der Waals surface area contributed by atoms with Crippen LogP contribution in [-0.2, 0) is 16.0 Å². The highest BCUT2D eigenvalue weighted by molar-refractivity contribution is 7.10. The van der Waals surface area contributed by atoms with Crippen LogP contribution in [0, 0.1) is 5.92 Å². The number of amides is 1. The van der Waals surface area contributed by atoms with Gasteiger partial charge in [-0.1, -0.05) is 12.1 Å². The Morgan fingerprint density at radius 2 is 2.26 bits per heavy atom. The van der Waals surface area contributed by atoms with E-state index in [1.165, 1.54) is 11.3 Å². The van der Waals surface area contributed by atoms with Gasteiger partial charge in [0.25, 0.3) is 0 Å². The molecule has 5 nitrogen and oxygen atoms in total. The standard InChI is InChI=1S/C17H18N2O3S/c20-15-6-5-13(17(21)22)16(14-4-2-10-23-14)19(15)9-7-12-3-1-8-18-11-12/h1-4,8,10-11,13,16H,5-7,9H2,(H,21,22)/t13-,16+/m0/s1. The molecule has 6 heteroatoms. The lowest BCUT2D eigenvalue weighted by molar-refractivity contribution is -0.151. The van der Waals surface area contributed by atoms with E-state index in [1.54, 1.807) is 17.3 Å². The molecule has 3 heterocycles. The van der Waals surface area contributed by atoms with Crippen LogP contribution in [0.25, 0.3) is 0 Å². The quantitative estimate of drug-likeness (QED) is 0.915. The molecule has 3 rings (SSSR count). The third-order valence-electron chi connectivity index (χ3n) is 4.22. The van der Waals surface area contributed by atoms with Crippen molar-refractivity contribution >= 4 is 23.2 Å².